The number of nitrogens with zero attached hydrogens (tertiary/aromatic N) is 3. The van der Waals surface area contributed by atoms with Gasteiger partial charge in [-0.05, 0) is 74.9 Å². The van der Waals surface area contributed by atoms with Crippen LogP contribution in [0, 0.1) is 0 Å². The van der Waals surface area contributed by atoms with Gasteiger partial charge in [0.1, 0.15) is 17.2 Å². The Morgan fingerprint density at radius 3 is 0.476 bits per heavy atom. The highest BCUT2D eigenvalue weighted by Gasteiger charge is 2.19. The van der Waals surface area contributed by atoms with Crippen LogP contribution in [-0.4, -0.2) is 54.6 Å². The number of hydrogen-bond acceptors (Lipinski definition) is 12. The Bertz CT molecular complexity index is 2300. The third-order valence-corrected chi connectivity index (χ3v) is 20.5. The molecule has 0 saturated carbocycles. The summed E-state index contributed by atoms with van der Waals surface area (Å²) in [5.41, 5.74) is 0. The second kappa shape index (κ2) is 68.2. The van der Waals surface area contributed by atoms with E-state index in [9.17, 15) is 0 Å². The maximum Gasteiger partial charge on any atom is 0.331 e. The standard InChI is InChI=1S/C93H159N3O9/c1-7-13-19-25-31-37-43-49-55-61-73-97-85-70-67-82(79-88(85)100-76-64-58-52-46-40-34-28-22-16-10-4)103-91-94-92(104-83-68-71-86(98-74-62-56-50-44-38-32-26-20-14-8-2)89(80-83)101-77-65-59-53-47-41-35-29-23-17-11-5)96-93(95-91)105-84-69-72-87(99-75-63-57-51-45-39-33-27-21-15-9-3)90(81-84)102-78-66-60-54-48-42-36-30-24-18-12-6/h67-72,79-81H,7-66,73-78H2,1-6H3. The minimum atomic E-state index is -0.00238. The van der Waals surface area contributed by atoms with Crippen LogP contribution in [0.25, 0.3) is 0 Å². The Balaban J connectivity index is 1.63. The van der Waals surface area contributed by atoms with Crippen molar-refractivity contribution in [3.63, 3.8) is 0 Å². The summed E-state index contributed by atoms with van der Waals surface area (Å²) < 4.78 is 59.3. The van der Waals surface area contributed by atoms with E-state index in [1.807, 2.05) is 54.6 Å². The molecule has 0 saturated heterocycles. The molecule has 0 unspecified atom stereocenters. The summed E-state index contributed by atoms with van der Waals surface area (Å²) in [6, 6.07) is 17.2. The third-order valence-electron chi connectivity index (χ3n) is 20.5. The lowest BCUT2D eigenvalue weighted by Gasteiger charge is -2.16. The summed E-state index contributed by atoms with van der Waals surface area (Å²) in [6.07, 6.45) is 75.7. The average molecular weight is 1460 g/mol. The molecule has 0 aliphatic heterocycles. The number of aromatic nitrogens is 3. The van der Waals surface area contributed by atoms with Crippen molar-refractivity contribution in [1.29, 1.82) is 0 Å². The highest BCUT2D eigenvalue weighted by Crippen LogP contribution is 2.39. The Morgan fingerprint density at radius 1 is 0.171 bits per heavy atom. The normalized spacial score (nSPS) is 11.4. The van der Waals surface area contributed by atoms with Gasteiger partial charge < -0.3 is 42.6 Å². The molecule has 600 valence electrons. The Hall–Kier alpha value is -5.13. The molecule has 0 fully saturated rings. The van der Waals surface area contributed by atoms with E-state index in [1.165, 1.54) is 308 Å². The zero-order valence-electron chi connectivity index (χ0n) is 68.9. The van der Waals surface area contributed by atoms with Gasteiger partial charge in [0.05, 0.1) is 39.6 Å². The van der Waals surface area contributed by atoms with Crippen LogP contribution in [-0.2, 0) is 0 Å². The van der Waals surface area contributed by atoms with E-state index in [2.05, 4.69) is 41.5 Å². The van der Waals surface area contributed by atoms with Crippen LogP contribution in [0.4, 0.5) is 0 Å². The van der Waals surface area contributed by atoms with Crippen LogP contribution in [0.15, 0.2) is 54.6 Å². The van der Waals surface area contributed by atoms with Gasteiger partial charge in [-0.25, -0.2) is 0 Å². The van der Waals surface area contributed by atoms with Gasteiger partial charge in [0.2, 0.25) is 0 Å². The van der Waals surface area contributed by atoms with Crippen molar-refractivity contribution >= 4 is 0 Å². The van der Waals surface area contributed by atoms with Crippen molar-refractivity contribution in [3.8, 4) is 69.8 Å². The minimum absolute atomic E-state index is 0.00238. The van der Waals surface area contributed by atoms with Gasteiger partial charge in [-0.15, -0.1) is 15.0 Å². The van der Waals surface area contributed by atoms with Crippen molar-refractivity contribution in [2.75, 3.05) is 39.6 Å². The van der Waals surface area contributed by atoms with E-state index in [1.54, 1.807) is 0 Å². The molecule has 0 bridgehead atoms. The van der Waals surface area contributed by atoms with Crippen LogP contribution >= 0.6 is 0 Å². The molecule has 1 aromatic heterocycles. The summed E-state index contributed by atoms with van der Waals surface area (Å²) in [5, 5.41) is 0. The van der Waals surface area contributed by atoms with Crippen molar-refractivity contribution in [3.05, 3.63) is 54.6 Å². The third kappa shape index (κ3) is 50.3. The molecule has 0 aliphatic carbocycles. The van der Waals surface area contributed by atoms with Gasteiger partial charge in [-0.1, -0.05) is 388 Å². The van der Waals surface area contributed by atoms with Gasteiger partial charge >= 0.3 is 18.0 Å². The molecule has 0 amide bonds. The van der Waals surface area contributed by atoms with E-state index in [0.29, 0.717) is 91.4 Å². The first-order valence-corrected chi connectivity index (χ1v) is 45.0. The second-order valence-electron chi connectivity index (χ2n) is 30.5. The highest BCUT2D eigenvalue weighted by atomic mass is 16.5. The van der Waals surface area contributed by atoms with E-state index < -0.39 is 0 Å². The summed E-state index contributed by atoms with van der Waals surface area (Å²) in [6.45, 7) is 17.3. The molecular formula is C93H159N3O9. The largest absolute Gasteiger partial charge is 0.490 e. The molecule has 0 N–H and O–H groups in total. The molecule has 105 heavy (non-hydrogen) atoms. The number of ether oxygens (including phenoxy) is 9. The molecule has 4 aromatic rings. The van der Waals surface area contributed by atoms with Gasteiger partial charge in [-0.2, -0.15) is 0 Å². The van der Waals surface area contributed by atoms with Crippen LogP contribution < -0.4 is 42.6 Å². The molecule has 3 aromatic carbocycles. The van der Waals surface area contributed by atoms with Crippen molar-refractivity contribution < 1.29 is 42.6 Å². The molecule has 0 radical (unpaired) electrons. The molecule has 1 heterocycles. The van der Waals surface area contributed by atoms with Gasteiger partial charge in [0, 0.05) is 18.2 Å². The lowest BCUT2D eigenvalue weighted by Crippen LogP contribution is -2.05. The van der Waals surface area contributed by atoms with Crippen LogP contribution in [0.2, 0.25) is 0 Å². The maximum absolute atomic E-state index is 6.64. The second-order valence-corrected chi connectivity index (χ2v) is 30.5. The van der Waals surface area contributed by atoms with E-state index in [4.69, 9.17) is 57.6 Å². The lowest BCUT2D eigenvalue weighted by molar-refractivity contribution is 0.256. The van der Waals surface area contributed by atoms with Gasteiger partial charge in [0.25, 0.3) is 0 Å². The summed E-state index contributed by atoms with van der Waals surface area (Å²) in [4.78, 5) is 14.5. The fourth-order valence-electron chi connectivity index (χ4n) is 13.8. The maximum atomic E-state index is 6.64. The number of rotatable bonds is 78. The first kappa shape index (κ1) is 92.3. The molecule has 0 aliphatic rings. The van der Waals surface area contributed by atoms with E-state index >= 15 is 0 Å². The molecular weight excluding hydrogens is 1300 g/mol. The first-order valence-electron chi connectivity index (χ1n) is 45.0. The number of unbranched alkanes of at least 4 members (excludes halogenated alkanes) is 54. The average Bonchev–Trinajstić information content (AvgIpc) is 0.828. The Labute approximate surface area is 645 Å². The number of hydrogen-bond donors (Lipinski definition) is 0. The zero-order chi connectivity index (χ0) is 74.4. The zero-order valence-corrected chi connectivity index (χ0v) is 68.9. The Morgan fingerprint density at radius 2 is 0.314 bits per heavy atom. The van der Waals surface area contributed by atoms with Crippen LogP contribution in [0.1, 0.15) is 427 Å². The number of benzene rings is 3. The summed E-state index contributed by atoms with van der Waals surface area (Å²) in [5.74, 6) is 5.49. The molecule has 0 spiro atoms. The van der Waals surface area contributed by atoms with Crippen LogP contribution in [0.5, 0.6) is 69.8 Å². The smallest absolute Gasteiger partial charge is 0.331 e. The van der Waals surface area contributed by atoms with Crippen LogP contribution in [0.3, 0.4) is 0 Å². The summed E-state index contributed by atoms with van der Waals surface area (Å²) >= 11 is 0. The lowest BCUT2D eigenvalue weighted by atomic mass is 10.1. The fourth-order valence-corrected chi connectivity index (χ4v) is 13.8. The quantitative estimate of drug-likeness (QED) is 0.0391. The fraction of sp³-hybridized carbons (Fsp3) is 0.774. The predicted molar refractivity (Wildman–Crippen MR) is 443 cm³/mol. The monoisotopic (exact) mass is 1460 g/mol. The SMILES string of the molecule is CCCCCCCCCCCCOc1ccc(Oc2nc(Oc3ccc(OCCCCCCCCCCCC)c(OCCCCCCCCCCCC)c3)nc(Oc3ccc(OCCCCCCCCCCCC)c(OCCCCCCCCCCCC)c3)n2)cc1OCCCCCCCCCCCC. The van der Waals surface area contributed by atoms with Crippen molar-refractivity contribution in [2.45, 2.75) is 427 Å². The predicted octanol–water partition coefficient (Wildman–Crippen LogP) is 31.0. The van der Waals surface area contributed by atoms with E-state index in [-0.39, 0.29) is 18.0 Å². The van der Waals surface area contributed by atoms with Gasteiger partial charge in [0.15, 0.2) is 34.5 Å². The topological polar surface area (TPSA) is 122 Å². The molecule has 0 atom stereocenters. The summed E-state index contributed by atoms with van der Waals surface area (Å²) in [7, 11) is 0. The molecule has 4 rings (SSSR count). The molecule has 12 heteroatoms. The first-order chi connectivity index (χ1) is 52.0. The minimum Gasteiger partial charge on any atom is -0.490 e. The van der Waals surface area contributed by atoms with Gasteiger partial charge in [-0.3, -0.25) is 0 Å². The molecule has 12 nitrogen and oxygen atoms in total. The van der Waals surface area contributed by atoms with Crippen molar-refractivity contribution in [2.24, 2.45) is 0 Å². The Kier molecular flexibility index (Phi) is 59.9. The highest BCUT2D eigenvalue weighted by molar-refractivity contribution is 5.48. The van der Waals surface area contributed by atoms with E-state index in [0.717, 1.165) is 77.0 Å². The van der Waals surface area contributed by atoms with Crippen molar-refractivity contribution in [1.82, 2.24) is 15.0 Å².